The highest BCUT2D eigenvalue weighted by molar-refractivity contribution is 5.82. The molecule has 3 aromatic rings. The molecule has 1 heterocycles. The van der Waals surface area contributed by atoms with Gasteiger partial charge in [-0.05, 0) is 53.5 Å². The highest BCUT2D eigenvalue weighted by Crippen LogP contribution is 2.45. The normalized spacial score (nSPS) is 18.4. The van der Waals surface area contributed by atoms with Gasteiger partial charge in [0.2, 0.25) is 5.91 Å². The van der Waals surface area contributed by atoms with Crippen LogP contribution < -0.4 is 10.6 Å². The highest BCUT2D eigenvalue weighted by atomic mass is 16.5. The quantitative estimate of drug-likeness (QED) is 0.316. The summed E-state index contributed by atoms with van der Waals surface area (Å²) in [5, 5.41) is 15.7. The molecular formula is C34H37N3O5. The first-order valence-corrected chi connectivity index (χ1v) is 14.8. The number of aliphatic carboxylic acids is 1. The minimum absolute atomic E-state index is 0.0368. The number of carboxylic acids is 1. The summed E-state index contributed by atoms with van der Waals surface area (Å²) in [6.07, 6.45) is 1.94. The maximum atomic E-state index is 13.2. The summed E-state index contributed by atoms with van der Waals surface area (Å²) in [5.74, 6) is -1.20. The van der Waals surface area contributed by atoms with Crippen molar-refractivity contribution in [2.24, 2.45) is 0 Å². The van der Waals surface area contributed by atoms with E-state index in [-0.39, 0.29) is 31.3 Å². The van der Waals surface area contributed by atoms with Crippen molar-refractivity contribution in [3.05, 3.63) is 95.6 Å². The number of benzene rings is 3. The van der Waals surface area contributed by atoms with Crippen LogP contribution >= 0.6 is 0 Å². The largest absolute Gasteiger partial charge is 0.481 e. The second-order valence-corrected chi connectivity index (χ2v) is 12.1. The molecule has 42 heavy (non-hydrogen) atoms. The van der Waals surface area contributed by atoms with E-state index in [2.05, 4.69) is 51.9 Å². The summed E-state index contributed by atoms with van der Waals surface area (Å²) in [7, 11) is 0. The number of likely N-dealkylation sites (tertiary alicyclic amines) is 1. The van der Waals surface area contributed by atoms with Crippen LogP contribution in [0.1, 0.15) is 61.1 Å². The van der Waals surface area contributed by atoms with Crippen LogP contribution in [0.5, 0.6) is 0 Å². The zero-order chi connectivity index (χ0) is 29.2. The number of alkyl carbamates (subject to hydrolysis) is 1. The maximum absolute atomic E-state index is 13.2. The average molecular weight is 568 g/mol. The molecule has 0 atom stereocenters. The number of carboxylic acid groups (broad SMARTS) is 1. The first kappa shape index (κ1) is 28.0. The van der Waals surface area contributed by atoms with Crippen LogP contribution in [0.4, 0.5) is 4.79 Å². The molecule has 1 saturated heterocycles. The average Bonchev–Trinajstić information content (AvgIpc) is 3.64. The predicted molar refractivity (Wildman–Crippen MR) is 159 cm³/mol. The topological polar surface area (TPSA) is 108 Å². The molecule has 0 aromatic heterocycles. The molecule has 0 bridgehead atoms. The first-order chi connectivity index (χ1) is 20.3. The van der Waals surface area contributed by atoms with E-state index in [1.807, 2.05) is 42.5 Å². The Balaban J connectivity index is 1.03. The minimum Gasteiger partial charge on any atom is -0.481 e. The fourth-order valence-corrected chi connectivity index (χ4v) is 6.61. The third-order valence-electron chi connectivity index (χ3n) is 9.02. The van der Waals surface area contributed by atoms with Crippen molar-refractivity contribution < 1.29 is 24.2 Å². The summed E-state index contributed by atoms with van der Waals surface area (Å²) < 4.78 is 5.72. The van der Waals surface area contributed by atoms with Crippen LogP contribution in [0.3, 0.4) is 0 Å². The molecule has 0 unspecified atom stereocenters. The lowest BCUT2D eigenvalue weighted by Crippen LogP contribution is -2.57. The van der Waals surface area contributed by atoms with Crippen LogP contribution in [0, 0.1) is 0 Å². The second-order valence-electron chi connectivity index (χ2n) is 12.1. The van der Waals surface area contributed by atoms with Crippen molar-refractivity contribution in [1.82, 2.24) is 15.5 Å². The van der Waals surface area contributed by atoms with Gasteiger partial charge in [-0.1, -0.05) is 78.9 Å². The zero-order valence-electron chi connectivity index (χ0n) is 23.7. The number of rotatable bonds is 10. The number of carbonyl (C=O) groups is 3. The smallest absolute Gasteiger partial charge is 0.407 e. The number of ether oxygens (including phenoxy) is 1. The minimum atomic E-state index is -0.926. The van der Waals surface area contributed by atoms with Gasteiger partial charge in [-0.15, -0.1) is 0 Å². The lowest BCUT2D eigenvalue weighted by Gasteiger charge is -2.42. The van der Waals surface area contributed by atoms with Crippen LogP contribution in [0.15, 0.2) is 78.9 Å². The summed E-state index contributed by atoms with van der Waals surface area (Å²) in [5.41, 5.74) is 4.39. The number of carbonyl (C=O) groups excluding carboxylic acids is 2. The fourth-order valence-electron chi connectivity index (χ4n) is 6.61. The Morgan fingerprint density at radius 1 is 0.762 bits per heavy atom. The van der Waals surface area contributed by atoms with E-state index in [0.29, 0.717) is 38.8 Å². The van der Waals surface area contributed by atoms with Crippen LogP contribution in [0.2, 0.25) is 0 Å². The molecule has 8 heteroatoms. The van der Waals surface area contributed by atoms with Crippen molar-refractivity contribution >= 4 is 18.0 Å². The summed E-state index contributed by atoms with van der Waals surface area (Å²) >= 11 is 0. The number of amides is 2. The van der Waals surface area contributed by atoms with Gasteiger partial charge < -0.3 is 20.5 Å². The van der Waals surface area contributed by atoms with E-state index in [4.69, 9.17) is 4.74 Å². The third kappa shape index (κ3) is 6.19. The van der Waals surface area contributed by atoms with Gasteiger partial charge in [0.05, 0.1) is 17.5 Å². The SMILES string of the molecule is O=C(O)CC1(NC(=O)CC2(NC(=O)OCC3c4ccccc4-c4ccccc43)CC2)CCN(Cc2ccccc2)CC1. The molecule has 0 radical (unpaired) electrons. The van der Waals surface area contributed by atoms with Crippen molar-refractivity contribution in [3.8, 4) is 11.1 Å². The van der Waals surface area contributed by atoms with Gasteiger partial charge in [0.25, 0.3) is 0 Å². The van der Waals surface area contributed by atoms with Crippen molar-refractivity contribution in [2.75, 3.05) is 19.7 Å². The molecular weight excluding hydrogens is 530 g/mol. The molecule has 3 aromatic carbocycles. The van der Waals surface area contributed by atoms with E-state index >= 15 is 0 Å². The van der Waals surface area contributed by atoms with Gasteiger partial charge in [0.15, 0.2) is 0 Å². The van der Waals surface area contributed by atoms with Crippen LogP contribution in [-0.2, 0) is 20.9 Å². The lowest BCUT2D eigenvalue weighted by molar-refractivity contribution is -0.140. The van der Waals surface area contributed by atoms with Gasteiger partial charge in [0, 0.05) is 32.0 Å². The maximum Gasteiger partial charge on any atom is 0.407 e. The number of nitrogens with zero attached hydrogens (tertiary/aromatic N) is 1. The van der Waals surface area contributed by atoms with Crippen LogP contribution in [-0.4, -0.2) is 58.8 Å². The monoisotopic (exact) mass is 567 g/mol. The molecule has 1 saturated carbocycles. The summed E-state index contributed by atoms with van der Waals surface area (Å²) in [6.45, 7) is 2.41. The molecule has 3 N–H and O–H groups in total. The van der Waals surface area contributed by atoms with Gasteiger partial charge in [0.1, 0.15) is 6.61 Å². The number of fused-ring (bicyclic) bond motifs is 3. The van der Waals surface area contributed by atoms with E-state index in [9.17, 15) is 19.5 Å². The molecule has 1 aliphatic heterocycles. The van der Waals surface area contributed by atoms with Gasteiger partial charge in [-0.3, -0.25) is 14.5 Å². The molecule has 218 valence electrons. The lowest BCUT2D eigenvalue weighted by atomic mass is 9.83. The number of piperidine rings is 1. The van der Waals surface area contributed by atoms with Gasteiger partial charge in [-0.2, -0.15) is 0 Å². The molecule has 2 fully saturated rings. The summed E-state index contributed by atoms with van der Waals surface area (Å²) in [4.78, 5) is 40.2. The van der Waals surface area contributed by atoms with Gasteiger partial charge >= 0.3 is 12.1 Å². The Kier molecular flexibility index (Phi) is 7.73. The van der Waals surface area contributed by atoms with E-state index in [1.165, 1.54) is 16.7 Å². The second kappa shape index (κ2) is 11.6. The Labute approximate surface area is 246 Å². The van der Waals surface area contributed by atoms with E-state index in [1.54, 1.807) is 0 Å². The molecule has 2 aliphatic carbocycles. The Bertz CT molecular complexity index is 1420. The molecule has 3 aliphatic rings. The van der Waals surface area contributed by atoms with Crippen LogP contribution in [0.25, 0.3) is 11.1 Å². The molecule has 2 amide bonds. The first-order valence-electron chi connectivity index (χ1n) is 14.8. The molecule has 6 rings (SSSR count). The van der Waals surface area contributed by atoms with Crippen molar-refractivity contribution in [1.29, 1.82) is 0 Å². The van der Waals surface area contributed by atoms with Gasteiger partial charge in [-0.25, -0.2) is 4.79 Å². The van der Waals surface area contributed by atoms with E-state index < -0.39 is 23.1 Å². The Morgan fingerprint density at radius 2 is 1.33 bits per heavy atom. The number of nitrogens with one attached hydrogen (secondary N) is 2. The molecule has 0 spiro atoms. The highest BCUT2D eigenvalue weighted by Gasteiger charge is 2.48. The molecule has 8 nitrogen and oxygen atoms in total. The standard InChI is InChI=1S/C34H37N3O5/c38-30(35-34(21-31(39)40)16-18-37(19-17-34)22-24-8-2-1-3-9-24)20-33(14-15-33)36-32(41)42-23-29-27-12-6-4-10-25(27)26-11-5-7-13-28(26)29/h1-13,29H,14-23H2,(H,35,38)(H,36,41)(H,39,40). The predicted octanol–water partition coefficient (Wildman–Crippen LogP) is 5.07. The summed E-state index contributed by atoms with van der Waals surface area (Å²) in [6, 6.07) is 26.6. The fraction of sp³-hybridized carbons (Fsp3) is 0.382. The van der Waals surface area contributed by atoms with Crippen molar-refractivity contribution in [3.63, 3.8) is 0 Å². The third-order valence-corrected chi connectivity index (χ3v) is 9.02. The zero-order valence-corrected chi connectivity index (χ0v) is 23.7. The van der Waals surface area contributed by atoms with E-state index in [0.717, 1.165) is 17.7 Å². The number of hydrogen-bond acceptors (Lipinski definition) is 5. The number of hydrogen-bond donors (Lipinski definition) is 3. The van der Waals surface area contributed by atoms with Crippen molar-refractivity contribution in [2.45, 2.75) is 62.1 Å². The Hall–Kier alpha value is -4.17. The Morgan fingerprint density at radius 3 is 1.93 bits per heavy atom.